The molecule has 1 heterocycles. The summed E-state index contributed by atoms with van der Waals surface area (Å²) in [5.74, 6) is 6.72. The Morgan fingerprint density at radius 1 is 1.09 bits per heavy atom. The summed E-state index contributed by atoms with van der Waals surface area (Å²) in [5.41, 5.74) is 3.68. The summed E-state index contributed by atoms with van der Waals surface area (Å²) in [5, 5.41) is 0. The molecule has 2 saturated carbocycles. The van der Waals surface area contributed by atoms with Gasteiger partial charge in [-0.1, -0.05) is 25.5 Å². The second kappa shape index (κ2) is 9.21. The second-order valence-corrected chi connectivity index (χ2v) is 11.3. The Balaban J connectivity index is 1.30. The van der Waals surface area contributed by atoms with E-state index < -0.39 is 0 Å². The highest BCUT2D eigenvalue weighted by Gasteiger charge is 2.35. The molecule has 3 atom stereocenters. The average molecular weight is 436 g/mol. The number of ether oxygens (including phenoxy) is 1. The van der Waals surface area contributed by atoms with Gasteiger partial charge in [0.2, 0.25) is 0 Å². The molecular weight excluding hydrogens is 394 g/mol. The number of imidazole rings is 1. The van der Waals surface area contributed by atoms with Crippen molar-refractivity contribution in [2.24, 2.45) is 35.5 Å². The SMILES string of the molecule is COc1ccc2nc(C[C@@H]3C[C@@H](C(C)C)[C@H](CN(CC4CC4)CC4CC4)C=C3C)[nH]c2c1. The predicted molar refractivity (Wildman–Crippen MR) is 132 cm³/mol. The van der Waals surface area contributed by atoms with Crippen molar-refractivity contribution in [1.29, 1.82) is 0 Å². The van der Waals surface area contributed by atoms with E-state index in [2.05, 4.69) is 48.9 Å². The van der Waals surface area contributed by atoms with Crippen LogP contribution < -0.4 is 4.74 Å². The van der Waals surface area contributed by atoms with Crippen molar-refractivity contribution in [2.45, 2.75) is 59.3 Å². The molecule has 32 heavy (non-hydrogen) atoms. The first-order valence-corrected chi connectivity index (χ1v) is 12.9. The molecule has 3 aliphatic carbocycles. The van der Waals surface area contributed by atoms with Crippen molar-refractivity contribution in [2.75, 3.05) is 26.7 Å². The molecule has 4 nitrogen and oxygen atoms in total. The van der Waals surface area contributed by atoms with Crippen molar-refractivity contribution in [3.8, 4) is 5.75 Å². The zero-order chi connectivity index (χ0) is 22.2. The Hall–Kier alpha value is -1.81. The fourth-order valence-electron chi connectivity index (χ4n) is 5.84. The van der Waals surface area contributed by atoms with Gasteiger partial charge in [0, 0.05) is 32.1 Å². The molecule has 0 unspecified atom stereocenters. The number of fused-ring (bicyclic) bond motifs is 1. The van der Waals surface area contributed by atoms with Gasteiger partial charge in [0.1, 0.15) is 11.6 Å². The monoisotopic (exact) mass is 435 g/mol. The van der Waals surface area contributed by atoms with Gasteiger partial charge in [-0.2, -0.15) is 0 Å². The number of hydrogen-bond donors (Lipinski definition) is 1. The molecular formula is C28H41N3O. The Morgan fingerprint density at radius 3 is 2.44 bits per heavy atom. The Bertz CT molecular complexity index is 939. The Kier molecular flexibility index (Phi) is 6.33. The van der Waals surface area contributed by atoms with E-state index in [9.17, 15) is 0 Å². The summed E-state index contributed by atoms with van der Waals surface area (Å²) < 4.78 is 5.38. The van der Waals surface area contributed by atoms with E-state index in [-0.39, 0.29) is 0 Å². The van der Waals surface area contributed by atoms with Gasteiger partial charge in [-0.3, -0.25) is 0 Å². The fourth-order valence-corrected chi connectivity index (χ4v) is 5.84. The van der Waals surface area contributed by atoms with Crippen LogP contribution in [0, 0.1) is 35.5 Å². The zero-order valence-electron chi connectivity index (χ0n) is 20.4. The standard InChI is InChI=1S/C28H41N3O/c1-18(2)25-12-22(13-28-29-26-10-9-24(32-4)14-27(26)30-28)19(3)11-23(25)17-31(15-20-5-6-20)16-21-7-8-21/h9-11,14,18,20-23,25H,5-8,12-13,15-17H2,1-4H3,(H,29,30)/t22-,23-,25-/m0/s1. The summed E-state index contributed by atoms with van der Waals surface area (Å²) in [4.78, 5) is 11.3. The van der Waals surface area contributed by atoms with Gasteiger partial charge in [-0.15, -0.1) is 0 Å². The largest absolute Gasteiger partial charge is 0.497 e. The highest BCUT2D eigenvalue weighted by molar-refractivity contribution is 5.76. The van der Waals surface area contributed by atoms with Gasteiger partial charge in [-0.05, 0) is 86.7 Å². The number of methoxy groups -OCH3 is 1. The fraction of sp³-hybridized carbons (Fsp3) is 0.679. The summed E-state index contributed by atoms with van der Waals surface area (Å²) in [7, 11) is 1.72. The maximum Gasteiger partial charge on any atom is 0.121 e. The van der Waals surface area contributed by atoms with Gasteiger partial charge in [0.05, 0.1) is 18.1 Å². The molecule has 0 spiro atoms. The molecule has 0 bridgehead atoms. The third-order valence-corrected chi connectivity index (χ3v) is 8.16. The van der Waals surface area contributed by atoms with Crippen LogP contribution in [0.1, 0.15) is 58.7 Å². The third-order valence-electron chi connectivity index (χ3n) is 8.16. The van der Waals surface area contributed by atoms with E-state index in [1.807, 2.05) is 6.07 Å². The molecule has 5 rings (SSSR count). The van der Waals surface area contributed by atoms with Crippen LogP contribution in [-0.2, 0) is 6.42 Å². The molecule has 0 aliphatic heterocycles. The molecule has 0 saturated heterocycles. The van der Waals surface area contributed by atoms with Gasteiger partial charge < -0.3 is 14.6 Å². The minimum absolute atomic E-state index is 0.585. The first-order valence-electron chi connectivity index (χ1n) is 12.9. The van der Waals surface area contributed by atoms with Crippen molar-refractivity contribution >= 4 is 11.0 Å². The summed E-state index contributed by atoms with van der Waals surface area (Å²) >= 11 is 0. The van der Waals surface area contributed by atoms with Gasteiger partial charge >= 0.3 is 0 Å². The maximum atomic E-state index is 5.38. The number of benzene rings is 1. The second-order valence-electron chi connectivity index (χ2n) is 11.3. The zero-order valence-corrected chi connectivity index (χ0v) is 20.4. The third kappa shape index (κ3) is 5.22. The molecule has 3 aliphatic rings. The number of aromatic amines is 1. The van der Waals surface area contributed by atoms with Crippen molar-refractivity contribution < 1.29 is 4.74 Å². The van der Waals surface area contributed by atoms with Crippen molar-refractivity contribution in [3.63, 3.8) is 0 Å². The number of aromatic nitrogens is 2. The molecule has 0 amide bonds. The molecule has 0 radical (unpaired) electrons. The Labute approximate surface area is 193 Å². The van der Waals surface area contributed by atoms with Crippen LogP contribution >= 0.6 is 0 Å². The topological polar surface area (TPSA) is 41.1 Å². The van der Waals surface area contributed by atoms with E-state index in [1.165, 1.54) is 51.7 Å². The van der Waals surface area contributed by atoms with Gasteiger partial charge in [-0.25, -0.2) is 4.98 Å². The number of H-pyrrole nitrogens is 1. The molecule has 1 aromatic heterocycles. The van der Waals surface area contributed by atoms with Crippen LogP contribution in [0.3, 0.4) is 0 Å². The summed E-state index contributed by atoms with van der Waals surface area (Å²) in [6.07, 6.45) is 10.8. The van der Waals surface area contributed by atoms with Gasteiger partial charge in [0.25, 0.3) is 0 Å². The smallest absolute Gasteiger partial charge is 0.121 e. The van der Waals surface area contributed by atoms with E-state index in [4.69, 9.17) is 9.72 Å². The molecule has 4 heteroatoms. The number of hydrogen-bond acceptors (Lipinski definition) is 3. The predicted octanol–water partition coefficient (Wildman–Crippen LogP) is 6.09. The molecule has 2 fully saturated rings. The highest BCUT2D eigenvalue weighted by atomic mass is 16.5. The lowest BCUT2D eigenvalue weighted by Crippen LogP contribution is -2.39. The van der Waals surface area contributed by atoms with Crippen LogP contribution in [0.2, 0.25) is 0 Å². The lowest BCUT2D eigenvalue weighted by atomic mass is 9.69. The molecule has 174 valence electrons. The minimum atomic E-state index is 0.585. The molecule has 1 aromatic carbocycles. The van der Waals surface area contributed by atoms with Crippen LogP contribution in [-0.4, -0.2) is 41.6 Å². The normalized spacial score (nSPS) is 26.2. The van der Waals surface area contributed by atoms with Crippen molar-refractivity contribution in [3.05, 3.63) is 35.7 Å². The van der Waals surface area contributed by atoms with Crippen molar-refractivity contribution in [1.82, 2.24) is 14.9 Å². The minimum Gasteiger partial charge on any atom is -0.497 e. The highest BCUT2D eigenvalue weighted by Crippen LogP contribution is 2.41. The molecule has 2 aromatic rings. The average Bonchev–Trinajstić information content (AvgIpc) is 3.69. The van der Waals surface area contributed by atoms with Crippen LogP contribution in [0.5, 0.6) is 5.75 Å². The maximum absolute atomic E-state index is 5.38. The van der Waals surface area contributed by atoms with Crippen LogP contribution in [0.4, 0.5) is 0 Å². The van der Waals surface area contributed by atoms with E-state index in [1.54, 1.807) is 12.7 Å². The molecule has 1 N–H and O–H groups in total. The first kappa shape index (κ1) is 22.0. The number of nitrogens with zero attached hydrogens (tertiary/aromatic N) is 2. The summed E-state index contributed by atoms with van der Waals surface area (Å²) in [6.45, 7) is 11.2. The summed E-state index contributed by atoms with van der Waals surface area (Å²) in [6, 6.07) is 6.10. The quantitative estimate of drug-likeness (QED) is 0.459. The Morgan fingerprint density at radius 2 is 1.81 bits per heavy atom. The number of allylic oxidation sites excluding steroid dienone is 1. The lowest BCUT2D eigenvalue weighted by Gasteiger charge is -2.39. The van der Waals surface area contributed by atoms with E-state index >= 15 is 0 Å². The first-order chi connectivity index (χ1) is 15.5. The number of nitrogens with one attached hydrogen (secondary N) is 1. The van der Waals surface area contributed by atoms with E-state index in [0.29, 0.717) is 11.8 Å². The lowest BCUT2D eigenvalue weighted by molar-refractivity contribution is 0.153. The van der Waals surface area contributed by atoms with Gasteiger partial charge in [0.15, 0.2) is 0 Å². The van der Waals surface area contributed by atoms with Crippen LogP contribution in [0.25, 0.3) is 11.0 Å². The van der Waals surface area contributed by atoms with E-state index in [0.717, 1.165) is 52.7 Å². The number of rotatable bonds is 10. The van der Waals surface area contributed by atoms with Crippen LogP contribution in [0.15, 0.2) is 29.8 Å².